The largest absolute Gasteiger partial charge is 0.358 e. The first-order valence-electron chi connectivity index (χ1n) is 10.8. The van der Waals surface area contributed by atoms with Gasteiger partial charge >= 0.3 is 5.65 Å². The van der Waals surface area contributed by atoms with E-state index >= 15 is 0 Å². The predicted molar refractivity (Wildman–Crippen MR) is 125 cm³/mol. The Kier molecular flexibility index (Phi) is 5.52. The van der Waals surface area contributed by atoms with Crippen LogP contribution in [0.2, 0.25) is 5.02 Å². The summed E-state index contributed by atoms with van der Waals surface area (Å²) < 4.78 is 5.48. The van der Waals surface area contributed by atoms with Crippen molar-refractivity contribution >= 4 is 28.7 Å². The molecule has 0 saturated carbocycles. The highest BCUT2D eigenvalue weighted by Gasteiger charge is 2.26. The summed E-state index contributed by atoms with van der Waals surface area (Å²) in [6.45, 7) is 7.91. The van der Waals surface area contributed by atoms with Crippen molar-refractivity contribution in [1.82, 2.24) is 45.4 Å². The van der Waals surface area contributed by atoms with Crippen LogP contribution >= 0.6 is 11.6 Å². The molecular weight excluding hydrogens is 472 g/mol. The Bertz CT molecular complexity index is 1520. The minimum absolute atomic E-state index is 0.0248. The zero-order valence-electron chi connectivity index (χ0n) is 19.3. The number of hydrogen-bond donors (Lipinski definition) is 3. The lowest BCUT2D eigenvalue weighted by Crippen LogP contribution is -2.27. The van der Waals surface area contributed by atoms with Crippen LogP contribution in [0, 0.1) is 0 Å². The van der Waals surface area contributed by atoms with Crippen LogP contribution in [0.5, 0.6) is 0 Å². The SMILES string of the molecule is C[C@@H](NC(=O)c1ncnc(-c2ncc[nH]2)c1Cl)c1cc(-c2[nH]c3cnc(C(C)(C)C)nc3[nH+]2)no1. The highest BCUT2D eigenvalue weighted by molar-refractivity contribution is 6.35. The maximum atomic E-state index is 12.9. The molecule has 0 aliphatic heterocycles. The molecule has 0 bridgehead atoms. The summed E-state index contributed by atoms with van der Waals surface area (Å²) in [6, 6.07) is 1.21. The van der Waals surface area contributed by atoms with Crippen LogP contribution < -0.4 is 10.3 Å². The van der Waals surface area contributed by atoms with Crippen molar-refractivity contribution in [2.75, 3.05) is 0 Å². The van der Waals surface area contributed by atoms with Crippen LogP contribution in [-0.4, -0.2) is 46.0 Å². The Hall–Kier alpha value is -4.19. The van der Waals surface area contributed by atoms with Crippen LogP contribution in [-0.2, 0) is 5.41 Å². The summed E-state index contributed by atoms with van der Waals surface area (Å²) in [5, 5.41) is 7.03. The molecule has 4 N–H and O–H groups in total. The zero-order chi connectivity index (χ0) is 24.7. The number of hydrogen-bond acceptors (Lipinski definition) is 8. The third-order valence-corrected chi connectivity index (χ3v) is 5.61. The smallest absolute Gasteiger partial charge is 0.303 e. The van der Waals surface area contributed by atoms with Gasteiger partial charge in [-0.3, -0.25) is 9.78 Å². The number of rotatable bonds is 5. The highest BCUT2D eigenvalue weighted by atomic mass is 35.5. The molecule has 0 aromatic carbocycles. The normalized spacial score (nSPS) is 12.7. The van der Waals surface area contributed by atoms with Crippen LogP contribution in [0.25, 0.3) is 34.2 Å². The molecule has 0 saturated heterocycles. The molecule has 5 heterocycles. The van der Waals surface area contributed by atoms with E-state index in [-0.39, 0.29) is 16.1 Å². The molecule has 0 unspecified atom stereocenters. The lowest BCUT2D eigenvalue weighted by molar-refractivity contribution is -0.334. The monoisotopic (exact) mass is 493 g/mol. The first kappa shape index (κ1) is 22.6. The van der Waals surface area contributed by atoms with Gasteiger partial charge in [-0.05, 0) is 6.92 Å². The molecule has 0 radical (unpaired) electrons. The van der Waals surface area contributed by atoms with Gasteiger partial charge in [0.15, 0.2) is 28.5 Å². The maximum absolute atomic E-state index is 12.9. The number of nitrogens with one attached hydrogen (secondary N) is 4. The van der Waals surface area contributed by atoms with Gasteiger partial charge in [-0.1, -0.05) is 42.5 Å². The van der Waals surface area contributed by atoms with Gasteiger partial charge in [0.05, 0.1) is 12.2 Å². The molecule has 5 rings (SSSR count). The van der Waals surface area contributed by atoms with Gasteiger partial charge in [0.2, 0.25) is 5.82 Å². The second-order valence-electron chi connectivity index (χ2n) is 8.96. The Labute approximate surface area is 204 Å². The lowest BCUT2D eigenvalue weighted by atomic mass is 9.96. The molecule has 13 heteroatoms. The molecule has 0 spiro atoms. The van der Waals surface area contributed by atoms with Gasteiger partial charge in [0.25, 0.3) is 11.7 Å². The molecule has 12 nitrogen and oxygen atoms in total. The summed E-state index contributed by atoms with van der Waals surface area (Å²) in [4.78, 5) is 43.5. The standard InChI is InChI=1S/C22H21ClN10O2/c1-10(29-20(34)16-14(23)15(27-9-28-16)19-24-5-6-25-19)13-7-11(33-35-13)17-30-12-8-26-21(22(2,3)4)32-18(12)31-17/h5-10H,1-4H3,(H,24,25)(H,29,34)(H,26,30,31,32)/p+1/t10-/m1/s1. The summed E-state index contributed by atoms with van der Waals surface area (Å²) >= 11 is 6.39. The number of aromatic nitrogens is 9. The highest BCUT2D eigenvalue weighted by Crippen LogP contribution is 2.26. The van der Waals surface area contributed by atoms with Crippen molar-refractivity contribution in [3.05, 3.63) is 53.3 Å². The third kappa shape index (κ3) is 4.35. The van der Waals surface area contributed by atoms with Crippen LogP contribution in [0.3, 0.4) is 0 Å². The van der Waals surface area contributed by atoms with Crippen molar-refractivity contribution in [3.63, 3.8) is 0 Å². The number of aromatic amines is 3. The van der Waals surface area contributed by atoms with Gasteiger partial charge in [0, 0.05) is 23.9 Å². The molecule has 178 valence electrons. The van der Waals surface area contributed by atoms with Crippen molar-refractivity contribution in [3.8, 4) is 23.0 Å². The Morgan fingerprint density at radius 2 is 2.06 bits per heavy atom. The summed E-state index contributed by atoms with van der Waals surface area (Å²) in [6.07, 6.45) is 6.19. The summed E-state index contributed by atoms with van der Waals surface area (Å²) in [7, 11) is 0. The van der Waals surface area contributed by atoms with E-state index in [0.29, 0.717) is 34.4 Å². The van der Waals surface area contributed by atoms with E-state index in [0.717, 1.165) is 11.3 Å². The van der Waals surface area contributed by atoms with Crippen molar-refractivity contribution < 1.29 is 14.3 Å². The second kappa shape index (κ2) is 8.55. The van der Waals surface area contributed by atoms with E-state index < -0.39 is 11.9 Å². The fraction of sp³-hybridized carbons (Fsp3) is 0.273. The molecule has 35 heavy (non-hydrogen) atoms. The van der Waals surface area contributed by atoms with E-state index in [1.54, 1.807) is 31.6 Å². The number of fused-ring (bicyclic) bond motifs is 1. The number of H-pyrrole nitrogens is 3. The number of carbonyl (C=O) groups is 1. The van der Waals surface area contributed by atoms with Crippen LogP contribution in [0.4, 0.5) is 0 Å². The fourth-order valence-corrected chi connectivity index (χ4v) is 3.65. The number of carbonyl (C=O) groups excluding carboxylic acids is 1. The van der Waals surface area contributed by atoms with Crippen molar-refractivity contribution in [2.45, 2.75) is 39.2 Å². The average Bonchev–Trinajstić information content (AvgIpc) is 3.58. The van der Waals surface area contributed by atoms with E-state index in [1.165, 1.54) is 6.33 Å². The second-order valence-corrected chi connectivity index (χ2v) is 9.34. The topological polar surface area (TPSA) is 165 Å². The molecule has 1 amide bonds. The van der Waals surface area contributed by atoms with Crippen molar-refractivity contribution in [1.29, 1.82) is 0 Å². The molecule has 5 aromatic heterocycles. The summed E-state index contributed by atoms with van der Waals surface area (Å²) in [5.41, 5.74) is 2.10. The van der Waals surface area contributed by atoms with Crippen LogP contribution in [0.1, 0.15) is 55.8 Å². The van der Waals surface area contributed by atoms with Gasteiger partial charge in [-0.2, -0.15) is 0 Å². The van der Waals surface area contributed by atoms with E-state index in [2.05, 4.69) is 50.3 Å². The number of imidazole rings is 2. The number of amides is 1. The molecule has 0 aliphatic rings. The van der Waals surface area contributed by atoms with Gasteiger partial charge < -0.3 is 14.8 Å². The average molecular weight is 494 g/mol. The first-order chi connectivity index (χ1) is 16.7. The Morgan fingerprint density at radius 3 is 2.80 bits per heavy atom. The van der Waals surface area contributed by atoms with E-state index in [4.69, 9.17) is 16.1 Å². The van der Waals surface area contributed by atoms with Crippen LogP contribution in [0.15, 0.2) is 35.5 Å². The third-order valence-electron chi connectivity index (χ3n) is 5.25. The first-order valence-corrected chi connectivity index (χ1v) is 11.1. The number of halogens is 1. The van der Waals surface area contributed by atoms with Gasteiger partial charge in [-0.25, -0.2) is 24.9 Å². The number of nitrogens with zero attached hydrogens (tertiary/aromatic N) is 6. The Balaban J connectivity index is 1.35. The predicted octanol–water partition coefficient (Wildman–Crippen LogP) is 3.05. The lowest BCUT2D eigenvalue weighted by Gasteiger charge is -2.11. The molecular formula is C22H22ClN10O2+. The molecule has 5 aromatic rings. The van der Waals surface area contributed by atoms with Gasteiger partial charge in [-0.15, -0.1) is 0 Å². The van der Waals surface area contributed by atoms with E-state index in [1.807, 2.05) is 20.8 Å². The molecule has 1 atom stereocenters. The maximum Gasteiger partial charge on any atom is 0.303 e. The Morgan fingerprint density at radius 1 is 1.23 bits per heavy atom. The van der Waals surface area contributed by atoms with E-state index in [9.17, 15) is 4.79 Å². The quantitative estimate of drug-likeness (QED) is 0.336. The molecule has 0 aliphatic carbocycles. The fourth-order valence-electron chi connectivity index (χ4n) is 3.38. The molecule has 0 fully saturated rings. The zero-order valence-corrected chi connectivity index (χ0v) is 20.1. The minimum atomic E-state index is -0.515. The summed E-state index contributed by atoms with van der Waals surface area (Å²) in [5.74, 6) is 1.72. The van der Waals surface area contributed by atoms with Gasteiger partial charge in [0.1, 0.15) is 17.0 Å². The minimum Gasteiger partial charge on any atom is -0.358 e. The van der Waals surface area contributed by atoms with Crippen molar-refractivity contribution in [2.24, 2.45) is 0 Å².